The predicted octanol–water partition coefficient (Wildman–Crippen LogP) is 1.98. The van der Waals surface area contributed by atoms with Gasteiger partial charge in [0.05, 0.1) is 0 Å². The maximum Gasteiger partial charge on any atom is 0.0474 e. The Balaban J connectivity index is 3.12. The van der Waals surface area contributed by atoms with Crippen LogP contribution in [0.3, 0.4) is 0 Å². The Labute approximate surface area is 102 Å². The molecule has 0 rings (SSSR count). The summed E-state index contributed by atoms with van der Waals surface area (Å²) in [7, 11) is 3.93. The number of hydrogen-bond acceptors (Lipinski definition) is 3. The van der Waals surface area contributed by atoms with Crippen LogP contribution in [-0.2, 0) is 4.74 Å². The van der Waals surface area contributed by atoms with Crippen molar-refractivity contribution in [2.45, 2.75) is 33.1 Å². The molecule has 0 aromatic carbocycles. The zero-order valence-electron chi connectivity index (χ0n) is 11.6. The lowest BCUT2D eigenvalue weighted by atomic mass is 10.1. The molecule has 3 heteroatoms. The Kier molecular flexibility index (Phi) is 11.3. The van der Waals surface area contributed by atoms with Gasteiger partial charge in [0.25, 0.3) is 0 Å². The molecule has 0 fully saturated rings. The molecule has 98 valence electrons. The van der Waals surface area contributed by atoms with Crippen molar-refractivity contribution in [1.29, 1.82) is 0 Å². The fraction of sp³-hybridized carbons (Fsp3) is 1.00. The van der Waals surface area contributed by atoms with Gasteiger partial charge >= 0.3 is 0 Å². The summed E-state index contributed by atoms with van der Waals surface area (Å²) in [6.07, 6.45) is 3.75. The van der Waals surface area contributed by atoms with Gasteiger partial charge in [-0.05, 0) is 38.8 Å². The SMILES string of the molecule is COCCCN(C)CCNCCCC(C)C. The van der Waals surface area contributed by atoms with E-state index < -0.39 is 0 Å². The third kappa shape index (κ3) is 12.0. The van der Waals surface area contributed by atoms with Crippen LogP contribution >= 0.6 is 0 Å². The predicted molar refractivity (Wildman–Crippen MR) is 70.9 cm³/mol. The monoisotopic (exact) mass is 230 g/mol. The summed E-state index contributed by atoms with van der Waals surface area (Å²) < 4.78 is 5.03. The third-order valence-electron chi connectivity index (χ3n) is 2.69. The van der Waals surface area contributed by atoms with Gasteiger partial charge in [-0.1, -0.05) is 13.8 Å². The van der Waals surface area contributed by atoms with Gasteiger partial charge in [-0.2, -0.15) is 0 Å². The first-order chi connectivity index (χ1) is 7.66. The molecule has 0 spiro atoms. The van der Waals surface area contributed by atoms with Gasteiger partial charge in [0.1, 0.15) is 0 Å². The Hall–Kier alpha value is -0.120. The number of nitrogens with one attached hydrogen (secondary N) is 1. The molecule has 0 aliphatic heterocycles. The normalized spacial score (nSPS) is 11.6. The van der Waals surface area contributed by atoms with Crippen molar-refractivity contribution in [3.8, 4) is 0 Å². The number of methoxy groups -OCH3 is 1. The third-order valence-corrected chi connectivity index (χ3v) is 2.69. The van der Waals surface area contributed by atoms with Crippen molar-refractivity contribution in [2.75, 3.05) is 46.9 Å². The number of nitrogens with zero attached hydrogens (tertiary/aromatic N) is 1. The van der Waals surface area contributed by atoms with E-state index in [-0.39, 0.29) is 0 Å². The van der Waals surface area contributed by atoms with Gasteiger partial charge in [0.15, 0.2) is 0 Å². The van der Waals surface area contributed by atoms with E-state index in [1.54, 1.807) is 7.11 Å². The fourth-order valence-electron chi connectivity index (χ4n) is 1.62. The highest BCUT2D eigenvalue weighted by molar-refractivity contribution is 4.56. The van der Waals surface area contributed by atoms with Crippen molar-refractivity contribution in [2.24, 2.45) is 5.92 Å². The molecule has 0 atom stereocenters. The molecule has 0 aromatic heterocycles. The minimum Gasteiger partial charge on any atom is -0.385 e. The molecule has 0 aromatic rings. The number of ether oxygens (including phenoxy) is 1. The van der Waals surface area contributed by atoms with Gasteiger partial charge in [-0.15, -0.1) is 0 Å². The molecule has 0 saturated carbocycles. The van der Waals surface area contributed by atoms with Crippen LogP contribution in [0.5, 0.6) is 0 Å². The van der Waals surface area contributed by atoms with Gasteiger partial charge in [-0.3, -0.25) is 0 Å². The summed E-state index contributed by atoms with van der Waals surface area (Å²) in [4.78, 5) is 2.36. The smallest absolute Gasteiger partial charge is 0.0474 e. The number of likely N-dealkylation sites (N-methyl/N-ethyl adjacent to an activating group) is 1. The first-order valence-electron chi connectivity index (χ1n) is 6.55. The summed E-state index contributed by atoms with van der Waals surface area (Å²) in [5.74, 6) is 0.832. The van der Waals surface area contributed by atoms with E-state index in [0.29, 0.717) is 0 Å². The van der Waals surface area contributed by atoms with E-state index in [2.05, 4.69) is 31.1 Å². The lowest BCUT2D eigenvalue weighted by Crippen LogP contribution is -2.30. The van der Waals surface area contributed by atoms with E-state index in [0.717, 1.165) is 45.1 Å². The maximum absolute atomic E-state index is 5.03. The van der Waals surface area contributed by atoms with Crippen LogP contribution < -0.4 is 5.32 Å². The minimum absolute atomic E-state index is 0.832. The molecule has 16 heavy (non-hydrogen) atoms. The first-order valence-corrected chi connectivity index (χ1v) is 6.55. The second kappa shape index (κ2) is 11.4. The van der Waals surface area contributed by atoms with Crippen LogP contribution in [0.25, 0.3) is 0 Å². The highest BCUT2D eigenvalue weighted by Crippen LogP contribution is 2.01. The molecule has 3 nitrogen and oxygen atoms in total. The molecule has 0 radical (unpaired) electrons. The summed E-state index contributed by atoms with van der Waals surface area (Å²) in [6.45, 7) is 9.94. The van der Waals surface area contributed by atoms with Crippen molar-refractivity contribution >= 4 is 0 Å². The largest absolute Gasteiger partial charge is 0.385 e. The molecule has 0 amide bonds. The first kappa shape index (κ1) is 15.9. The molecular formula is C13H30N2O. The van der Waals surface area contributed by atoms with Crippen molar-refractivity contribution in [1.82, 2.24) is 10.2 Å². The molecule has 0 aliphatic carbocycles. The van der Waals surface area contributed by atoms with Gasteiger partial charge in [0.2, 0.25) is 0 Å². The standard InChI is InChI=1S/C13H30N2O/c1-13(2)7-5-8-14-9-11-15(3)10-6-12-16-4/h13-14H,5-12H2,1-4H3. The van der Waals surface area contributed by atoms with Gasteiger partial charge < -0.3 is 15.0 Å². The molecule has 0 aliphatic rings. The van der Waals surface area contributed by atoms with Crippen LogP contribution in [0.15, 0.2) is 0 Å². The molecule has 0 saturated heterocycles. The highest BCUT2D eigenvalue weighted by Gasteiger charge is 1.97. The van der Waals surface area contributed by atoms with Crippen molar-refractivity contribution in [3.63, 3.8) is 0 Å². The summed E-state index contributed by atoms with van der Waals surface area (Å²) >= 11 is 0. The van der Waals surface area contributed by atoms with Crippen LogP contribution in [0, 0.1) is 5.92 Å². The average Bonchev–Trinajstić information content (AvgIpc) is 2.23. The zero-order valence-corrected chi connectivity index (χ0v) is 11.6. The topological polar surface area (TPSA) is 24.5 Å². The zero-order chi connectivity index (χ0) is 12.2. The lowest BCUT2D eigenvalue weighted by Gasteiger charge is -2.16. The Morgan fingerprint density at radius 3 is 2.50 bits per heavy atom. The molecule has 0 unspecified atom stereocenters. The van der Waals surface area contributed by atoms with Crippen LogP contribution in [0.1, 0.15) is 33.1 Å². The van der Waals surface area contributed by atoms with Crippen molar-refractivity contribution in [3.05, 3.63) is 0 Å². The van der Waals surface area contributed by atoms with E-state index in [1.165, 1.54) is 12.8 Å². The van der Waals surface area contributed by atoms with Gasteiger partial charge in [0, 0.05) is 33.4 Å². The minimum atomic E-state index is 0.832. The maximum atomic E-state index is 5.03. The lowest BCUT2D eigenvalue weighted by molar-refractivity contribution is 0.179. The molecule has 1 N–H and O–H groups in total. The Morgan fingerprint density at radius 2 is 1.88 bits per heavy atom. The van der Waals surface area contributed by atoms with E-state index in [4.69, 9.17) is 4.74 Å². The number of hydrogen-bond donors (Lipinski definition) is 1. The van der Waals surface area contributed by atoms with E-state index >= 15 is 0 Å². The highest BCUT2D eigenvalue weighted by atomic mass is 16.5. The Bertz CT molecular complexity index is 140. The molecular weight excluding hydrogens is 200 g/mol. The average molecular weight is 230 g/mol. The molecule has 0 bridgehead atoms. The quantitative estimate of drug-likeness (QED) is 0.549. The summed E-state index contributed by atoms with van der Waals surface area (Å²) in [5.41, 5.74) is 0. The Morgan fingerprint density at radius 1 is 1.12 bits per heavy atom. The van der Waals surface area contributed by atoms with Crippen LogP contribution in [0.2, 0.25) is 0 Å². The van der Waals surface area contributed by atoms with Crippen LogP contribution in [0.4, 0.5) is 0 Å². The fourth-order valence-corrected chi connectivity index (χ4v) is 1.62. The van der Waals surface area contributed by atoms with Gasteiger partial charge in [-0.25, -0.2) is 0 Å². The van der Waals surface area contributed by atoms with Crippen LogP contribution in [-0.4, -0.2) is 51.8 Å². The summed E-state index contributed by atoms with van der Waals surface area (Å²) in [6, 6.07) is 0. The summed E-state index contributed by atoms with van der Waals surface area (Å²) in [5, 5.41) is 3.49. The molecule has 0 heterocycles. The second-order valence-electron chi connectivity index (χ2n) is 4.94. The van der Waals surface area contributed by atoms with E-state index in [9.17, 15) is 0 Å². The van der Waals surface area contributed by atoms with Crippen molar-refractivity contribution < 1.29 is 4.74 Å². The second-order valence-corrected chi connectivity index (χ2v) is 4.94. The number of rotatable bonds is 11. The van der Waals surface area contributed by atoms with E-state index in [1.807, 2.05) is 0 Å².